The van der Waals surface area contributed by atoms with Crippen molar-refractivity contribution in [3.05, 3.63) is 69.7 Å². The summed E-state index contributed by atoms with van der Waals surface area (Å²) in [6, 6.07) is 14.5. The normalized spacial score (nSPS) is 11.9. The lowest BCUT2D eigenvalue weighted by atomic mass is 10.1. The fourth-order valence-electron chi connectivity index (χ4n) is 1.93. The zero-order chi connectivity index (χ0) is 14.5. The van der Waals surface area contributed by atoms with Crippen molar-refractivity contribution >= 4 is 29.6 Å². The first kappa shape index (κ1) is 14.9. The molecule has 0 fully saturated rings. The molecule has 2 aromatic carbocycles. The summed E-state index contributed by atoms with van der Waals surface area (Å²) < 4.78 is 0. The molecule has 0 spiro atoms. The Morgan fingerprint density at radius 3 is 2.35 bits per heavy atom. The monoisotopic (exact) mass is 308 g/mol. The van der Waals surface area contributed by atoms with Gasteiger partial charge in [0.2, 0.25) is 6.41 Å². The Kier molecular flexibility index (Phi) is 5.01. The lowest BCUT2D eigenvalue weighted by molar-refractivity contribution is -0.120. The highest BCUT2D eigenvalue weighted by Crippen LogP contribution is 2.21. The minimum absolute atomic E-state index is 0.387. The predicted molar refractivity (Wildman–Crippen MR) is 81.4 cm³/mol. The van der Waals surface area contributed by atoms with Gasteiger partial charge in [0.15, 0.2) is 0 Å². The molecule has 0 radical (unpaired) electrons. The van der Waals surface area contributed by atoms with Gasteiger partial charge in [-0.3, -0.25) is 4.79 Å². The van der Waals surface area contributed by atoms with Gasteiger partial charge in [-0.25, -0.2) is 0 Å². The topological polar surface area (TPSA) is 46.3 Å². The Balaban J connectivity index is 2.17. The van der Waals surface area contributed by atoms with Crippen LogP contribution in [-0.4, -0.2) is 11.3 Å². The minimum atomic E-state index is -0.551. The molecule has 0 saturated heterocycles. The van der Waals surface area contributed by atoms with E-state index in [0.717, 1.165) is 17.5 Å². The quantitative estimate of drug-likeness (QED) is 0.677. The maximum atomic E-state index is 11.3. The third kappa shape index (κ3) is 3.73. The van der Waals surface area contributed by atoms with Crippen molar-refractivity contribution in [2.45, 2.75) is 12.7 Å². The summed E-state index contributed by atoms with van der Waals surface area (Å²) >= 11 is 11.9. The van der Waals surface area contributed by atoms with Crippen molar-refractivity contribution in [2.24, 2.45) is 5.73 Å². The van der Waals surface area contributed by atoms with E-state index in [4.69, 9.17) is 28.9 Å². The van der Waals surface area contributed by atoms with Crippen molar-refractivity contribution in [1.29, 1.82) is 0 Å². The van der Waals surface area contributed by atoms with Crippen LogP contribution in [0.15, 0.2) is 48.5 Å². The van der Waals surface area contributed by atoms with E-state index in [1.165, 1.54) is 4.90 Å². The van der Waals surface area contributed by atoms with E-state index >= 15 is 0 Å². The zero-order valence-electron chi connectivity index (χ0n) is 10.7. The van der Waals surface area contributed by atoms with Gasteiger partial charge in [0.25, 0.3) is 0 Å². The van der Waals surface area contributed by atoms with Crippen molar-refractivity contribution in [2.75, 3.05) is 0 Å². The van der Waals surface area contributed by atoms with Gasteiger partial charge >= 0.3 is 0 Å². The van der Waals surface area contributed by atoms with E-state index in [1.807, 2.05) is 24.3 Å². The van der Waals surface area contributed by atoms with E-state index in [2.05, 4.69) is 0 Å². The molecule has 0 saturated carbocycles. The zero-order valence-corrected chi connectivity index (χ0v) is 12.2. The molecule has 2 aromatic rings. The second-order valence-corrected chi connectivity index (χ2v) is 5.28. The molecule has 104 valence electrons. The first-order valence-electron chi connectivity index (χ1n) is 6.06. The van der Waals surface area contributed by atoms with Crippen molar-refractivity contribution in [1.82, 2.24) is 4.90 Å². The first-order chi connectivity index (χ1) is 9.60. The molecule has 2 rings (SSSR count). The molecule has 0 heterocycles. The van der Waals surface area contributed by atoms with Crippen LogP contribution in [0.25, 0.3) is 0 Å². The molecule has 20 heavy (non-hydrogen) atoms. The Bertz CT molecular complexity index is 604. The third-order valence-corrected chi connectivity index (χ3v) is 3.41. The largest absolute Gasteiger partial charge is 0.321 e. The highest BCUT2D eigenvalue weighted by Gasteiger charge is 2.15. The fraction of sp³-hybridized carbons (Fsp3) is 0.133. The predicted octanol–water partition coefficient (Wildman–Crippen LogP) is 3.61. The number of nitrogens with zero attached hydrogens (tertiary/aromatic N) is 1. The molecule has 0 bridgehead atoms. The second kappa shape index (κ2) is 6.75. The number of nitrogens with two attached hydrogens (primary N) is 1. The Morgan fingerprint density at radius 1 is 1.10 bits per heavy atom. The number of hydrogen-bond donors (Lipinski definition) is 1. The Hall–Kier alpha value is -1.55. The van der Waals surface area contributed by atoms with Crippen molar-refractivity contribution < 1.29 is 4.79 Å². The molecule has 1 unspecified atom stereocenters. The number of hydrogen-bond acceptors (Lipinski definition) is 2. The lowest BCUT2D eigenvalue weighted by Gasteiger charge is -2.25. The van der Waals surface area contributed by atoms with E-state index in [1.54, 1.807) is 24.3 Å². The molecule has 0 aliphatic carbocycles. The maximum absolute atomic E-state index is 11.3. The van der Waals surface area contributed by atoms with Crippen LogP contribution in [0.5, 0.6) is 0 Å². The number of benzene rings is 2. The summed E-state index contributed by atoms with van der Waals surface area (Å²) in [5.74, 6) is 0. The Morgan fingerprint density at radius 2 is 1.75 bits per heavy atom. The first-order valence-corrected chi connectivity index (χ1v) is 6.82. The summed E-state index contributed by atoms with van der Waals surface area (Å²) in [6.07, 6.45) is 0.178. The summed E-state index contributed by atoms with van der Waals surface area (Å²) in [5, 5.41) is 1.22. The molecular formula is C15H14Cl2N2O. The number of carbonyl (C=O) groups excluding carboxylic acids is 1. The Labute approximate surface area is 127 Å². The van der Waals surface area contributed by atoms with Crippen LogP contribution in [0.3, 0.4) is 0 Å². The van der Waals surface area contributed by atoms with Gasteiger partial charge in [0.1, 0.15) is 6.17 Å². The highest BCUT2D eigenvalue weighted by molar-refractivity contribution is 6.30. The molecule has 1 amide bonds. The molecule has 0 aliphatic rings. The molecule has 1 atom stereocenters. The molecule has 0 aliphatic heterocycles. The van der Waals surface area contributed by atoms with E-state index in [9.17, 15) is 4.79 Å². The van der Waals surface area contributed by atoms with Crippen LogP contribution >= 0.6 is 23.2 Å². The van der Waals surface area contributed by atoms with Gasteiger partial charge in [0, 0.05) is 16.6 Å². The molecule has 5 heteroatoms. The van der Waals surface area contributed by atoms with E-state index in [-0.39, 0.29) is 0 Å². The summed E-state index contributed by atoms with van der Waals surface area (Å²) in [6.45, 7) is 0.387. The summed E-state index contributed by atoms with van der Waals surface area (Å²) in [7, 11) is 0. The van der Waals surface area contributed by atoms with Gasteiger partial charge in [-0.2, -0.15) is 0 Å². The number of halogens is 2. The van der Waals surface area contributed by atoms with Gasteiger partial charge in [-0.1, -0.05) is 47.5 Å². The van der Waals surface area contributed by atoms with Crippen molar-refractivity contribution in [3.63, 3.8) is 0 Å². The SMILES string of the molecule is NC(c1cccc(Cl)c1)N(C=O)Cc1cccc(Cl)c1. The van der Waals surface area contributed by atoms with Gasteiger partial charge in [-0.15, -0.1) is 0 Å². The van der Waals surface area contributed by atoms with Gasteiger partial charge in [0.05, 0.1) is 0 Å². The maximum Gasteiger partial charge on any atom is 0.211 e. The molecule has 0 aromatic heterocycles. The van der Waals surface area contributed by atoms with Crippen LogP contribution in [0.2, 0.25) is 10.0 Å². The molecule has 2 N–H and O–H groups in total. The smallest absolute Gasteiger partial charge is 0.211 e. The average Bonchev–Trinajstić information content (AvgIpc) is 2.44. The molecule has 3 nitrogen and oxygen atoms in total. The van der Waals surface area contributed by atoms with Crippen LogP contribution in [-0.2, 0) is 11.3 Å². The van der Waals surface area contributed by atoms with Crippen LogP contribution < -0.4 is 5.73 Å². The number of amides is 1. The van der Waals surface area contributed by atoms with Gasteiger partial charge in [-0.05, 0) is 35.4 Å². The highest BCUT2D eigenvalue weighted by atomic mass is 35.5. The van der Waals surface area contributed by atoms with Crippen LogP contribution in [0.4, 0.5) is 0 Å². The van der Waals surface area contributed by atoms with Crippen LogP contribution in [0, 0.1) is 0 Å². The van der Waals surface area contributed by atoms with E-state index < -0.39 is 6.17 Å². The number of carbonyl (C=O) groups is 1. The summed E-state index contributed by atoms with van der Waals surface area (Å²) in [5.41, 5.74) is 7.81. The minimum Gasteiger partial charge on any atom is -0.321 e. The van der Waals surface area contributed by atoms with Crippen LogP contribution in [0.1, 0.15) is 17.3 Å². The molecular weight excluding hydrogens is 295 g/mol. The third-order valence-electron chi connectivity index (χ3n) is 2.94. The fourth-order valence-corrected chi connectivity index (χ4v) is 2.34. The standard InChI is InChI=1S/C15H14Cl2N2O/c16-13-5-1-3-11(7-13)9-19(10-20)15(18)12-4-2-6-14(17)8-12/h1-8,10,15H,9,18H2. The van der Waals surface area contributed by atoms with Crippen molar-refractivity contribution in [3.8, 4) is 0 Å². The summed E-state index contributed by atoms with van der Waals surface area (Å²) in [4.78, 5) is 12.8. The second-order valence-electron chi connectivity index (χ2n) is 4.41. The average molecular weight is 309 g/mol. The lowest BCUT2D eigenvalue weighted by Crippen LogP contribution is -2.33. The van der Waals surface area contributed by atoms with Gasteiger partial charge < -0.3 is 10.6 Å². The van der Waals surface area contributed by atoms with E-state index in [0.29, 0.717) is 16.6 Å². The number of rotatable bonds is 5.